The van der Waals surface area contributed by atoms with Gasteiger partial charge in [-0.2, -0.15) is 5.10 Å². The zero-order chi connectivity index (χ0) is 26.5. The van der Waals surface area contributed by atoms with Gasteiger partial charge in [0.25, 0.3) is 5.91 Å². The Labute approximate surface area is 216 Å². The first kappa shape index (κ1) is 25.6. The molecule has 5 rings (SSSR count). The lowest BCUT2D eigenvalue weighted by molar-refractivity contribution is -0.274. The fourth-order valence-electron chi connectivity index (χ4n) is 4.29. The maximum absolute atomic E-state index is 12.8. The van der Waals surface area contributed by atoms with E-state index in [1.807, 2.05) is 12.1 Å². The summed E-state index contributed by atoms with van der Waals surface area (Å²) in [6.45, 7) is 4.46. The van der Waals surface area contributed by atoms with Crippen molar-refractivity contribution in [1.82, 2.24) is 20.0 Å². The highest BCUT2D eigenvalue weighted by molar-refractivity contribution is 5.95. The summed E-state index contributed by atoms with van der Waals surface area (Å²) in [5.41, 5.74) is 2.77. The van der Waals surface area contributed by atoms with Crippen molar-refractivity contribution in [3.63, 3.8) is 0 Å². The van der Waals surface area contributed by atoms with E-state index >= 15 is 0 Å². The van der Waals surface area contributed by atoms with Crippen molar-refractivity contribution in [2.45, 2.75) is 6.36 Å². The van der Waals surface area contributed by atoms with Gasteiger partial charge in [-0.25, -0.2) is 4.68 Å². The fourth-order valence-corrected chi connectivity index (χ4v) is 4.29. The Morgan fingerprint density at radius 2 is 1.84 bits per heavy atom. The minimum atomic E-state index is -4.79. The van der Waals surface area contributed by atoms with E-state index in [0.29, 0.717) is 36.7 Å². The minimum absolute atomic E-state index is 0.164. The van der Waals surface area contributed by atoms with Crippen molar-refractivity contribution in [2.24, 2.45) is 0 Å². The van der Waals surface area contributed by atoms with Gasteiger partial charge in [-0.05, 0) is 48.5 Å². The SMILES string of the molecule is O=C(NCCN1CCOCC1)c1cccc(-n2ncc3cc(Nc4ccccc4OC(F)(F)F)ccc32)c1. The largest absolute Gasteiger partial charge is 0.573 e. The Bertz CT molecular complexity index is 1420. The van der Waals surface area contributed by atoms with E-state index < -0.39 is 6.36 Å². The first-order valence-electron chi connectivity index (χ1n) is 12.1. The van der Waals surface area contributed by atoms with E-state index in [9.17, 15) is 18.0 Å². The van der Waals surface area contributed by atoms with Crippen LogP contribution in [0.2, 0.25) is 0 Å². The third-order valence-corrected chi connectivity index (χ3v) is 6.13. The van der Waals surface area contributed by atoms with Gasteiger partial charge < -0.3 is 20.1 Å². The summed E-state index contributed by atoms with van der Waals surface area (Å²) in [5.74, 6) is -0.487. The third kappa shape index (κ3) is 6.24. The molecule has 4 aromatic rings. The second kappa shape index (κ2) is 11.1. The van der Waals surface area contributed by atoms with Crippen LogP contribution < -0.4 is 15.4 Å². The van der Waals surface area contributed by atoms with E-state index in [-0.39, 0.29) is 17.3 Å². The smallest absolute Gasteiger partial charge is 0.404 e. The van der Waals surface area contributed by atoms with Crippen LogP contribution in [0.3, 0.4) is 0 Å². The average Bonchev–Trinajstić information content (AvgIpc) is 3.33. The normalized spacial score (nSPS) is 14.4. The molecule has 198 valence electrons. The second-order valence-corrected chi connectivity index (χ2v) is 8.76. The van der Waals surface area contributed by atoms with Gasteiger partial charge in [0.2, 0.25) is 0 Å². The van der Waals surface area contributed by atoms with Crippen LogP contribution in [0.15, 0.2) is 72.9 Å². The molecule has 0 unspecified atom stereocenters. The highest BCUT2D eigenvalue weighted by atomic mass is 19.4. The second-order valence-electron chi connectivity index (χ2n) is 8.76. The zero-order valence-corrected chi connectivity index (χ0v) is 20.4. The van der Waals surface area contributed by atoms with Gasteiger partial charge >= 0.3 is 6.36 Å². The van der Waals surface area contributed by atoms with Crippen LogP contribution in [-0.4, -0.2) is 66.3 Å². The molecule has 8 nitrogen and oxygen atoms in total. The molecule has 1 saturated heterocycles. The van der Waals surface area contributed by atoms with E-state index in [4.69, 9.17) is 4.74 Å². The summed E-state index contributed by atoms with van der Waals surface area (Å²) < 4.78 is 49.5. The molecule has 0 saturated carbocycles. The van der Waals surface area contributed by atoms with Crippen LogP contribution in [0.1, 0.15) is 10.4 Å². The van der Waals surface area contributed by atoms with Gasteiger partial charge in [0, 0.05) is 42.8 Å². The first-order valence-corrected chi connectivity index (χ1v) is 12.1. The molecule has 38 heavy (non-hydrogen) atoms. The van der Waals surface area contributed by atoms with Crippen LogP contribution >= 0.6 is 0 Å². The van der Waals surface area contributed by atoms with Crippen LogP contribution in [0.4, 0.5) is 24.5 Å². The van der Waals surface area contributed by atoms with Gasteiger partial charge in [0.1, 0.15) is 0 Å². The van der Waals surface area contributed by atoms with Crippen molar-refractivity contribution < 1.29 is 27.4 Å². The Kier molecular flexibility index (Phi) is 7.47. The monoisotopic (exact) mass is 525 g/mol. The lowest BCUT2D eigenvalue weighted by atomic mass is 10.1. The molecule has 0 atom stereocenters. The lowest BCUT2D eigenvalue weighted by Gasteiger charge is -2.26. The highest BCUT2D eigenvalue weighted by Crippen LogP contribution is 2.33. The number of amides is 1. The van der Waals surface area contributed by atoms with Crippen molar-refractivity contribution in [2.75, 3.05) is 44.7 Å². The number of ether oxygens (including phenoxy) is 2. The third-order valence-electron chi connectivity index (χ3n) is 6.13. The molecule has 0 bridgehead atoms. The number of hydrogen-bond acceptors (Lipinski definition) is 6. The molecule has 0 radical (unpaired) electrons. The van der Waals surface area contributed by atoms with Gasteiger partial charge in [-0.15, -0.1) is 13.2 Å². The van der Waals surface area contributed by atoms with Crippen LogP contribution in [0, 0.1) is 0 Å². The molecular formula is C27H26F3N5O3. The van der Waals surface area contributed by atoms with Crippen LogP contribution in [0.25, 0.3) is 16.6 Å². The number of nitrogens with one attached hydrogen (secondary N) is 2. The molecule has 0 aliphatic carbocycles. The molecule has 1 aliphatic rings. The van der Waals surface area contributed by atoms with Crippen LogP contribution in [0.5, 0.6) is 5.75 Å². The summed E-state index contributed by atoms with van der Waals surface area (Å²) in [7, 11) is 0. The molecule has 0 spiro atoms. The average molecular weight is 526 g/mol. The van der Waals surface area contributed by atoms with E-state index in [0.717, 1.165) is 30.5 Å². The number of halogens is 3. The summed E-state index contributed by atoms with van der Waals surface area (Å²) in [6.07, 6.45) is -3.13. The number of para-hydroxylation sites is 2. The van der Waals surface area contributed by atoms with Crippen LogP contribution in [-0.2, 0) is 4.74 Å². The minimum Gasteiger partial charge on any atom is -0.404 e. The van der Waals surface area contributed by atoms with Gasteiger partial charge in [-0.3, -0.25) is 9.69 Å². The number of carbonyl (C=O) groups is 1. The maximum Gasteiger partial charge on any atom is 0.573 e. The van der Waals surface area contributed by atoms with Crippen molar-refractivity contribution >= 4 is 28.2 Å². The number of benzene rings is 3. The maximum atomic E-state index is 12.8. The van der Waals surface area contributed by atoms with E-state index in [1.54, 1.807) is 47.3 Å². The Hall–Kier alpha value is -4.09. The number of carbonyl (C=O) groups excluding carboxylic acids is 1. The number of rotatable bonds is 8. The zero-order valence-electron chi connectivity index (χ0n) is 20.4. The number of anilines is 2. The quantitative estimate of drug-likeness (QED) is 0.346. The first-order chi connectivity index (χ1) is 18.4. The topological polar surface area (TPSA) is 80.7 Å². The summed E-state index contributed by atoms with van der Waals surface area (Å²) in [5, 5.41) is 11.2. The number of hydrogen-bond donors (Lipinski definition) is 2. The summed E-state index contributed by atoms with van der Waals surface area (Å²) in [4.78, 5) is 15.0. The molecule has 3 aromatic carbocycles. The standard InChI is InChI=1S/C27H26F3N5O3/c28-27(29,30)38-25-7-2-1-6-23(25)33-21-8-9-24-20(16-21)18-32-35(24)22-5-3-4-19(17-22)26(36)31-10-11-34-12-14-37-15-13-34/h1-9,16-18,33H,10-15H2,(H,31,36). The Morgan fingerprint density at radius 3 is 2.66 bits per heavy atom. The number of fused-ring (bicyclic) bond motifs is 1. The lowest BCUT2D eigenvalue weighted by Crippen LogP contribution is -2.41. The predicted octanol–water partition coefficient (Wildman–Crippen LogP) is 4.73. The molecule has 1 amide bonds. The molecular weight excluding hydrogens is 499 g/mol. The van der Waals surface area contributed by atoms with Crippen molar-refractivity contribution in [3.8, 4) is 11.4 Å². The summed E-state index contributed by atoms with van der Waals surface area (Å²) >= 11 is 0. The molecule has 1 aliphatic heterocycles. The number of aromatic nitrogens is 2. The molecule has 1 fully saturated rings. The fraction of sp³-hybridized carbons (Fsp3) is 0.259. The van der Waals surface area contributed by atoms with Crippen molar-refractivity contribution in [3.05, 3.63) is 78.5 Å². The predicted molar refractivity (Wildman–Crippen MR) is 137 cm³/mol. The van der Waals surface area contributed by atoms with E-state index in [2.05, 4.69) is 25.4 Å². The van der Waals surface area contributed by atoms with Gasteiger partial charge in [0.05, 0.1) is 36.3 Å². The molecule has 11 heteroatoms. The molecule has 2 heterocycles. The number of morpholine rings is 1. The number of alkyl halides is 3. The Morgan fingerprint density at radius 1 is 1.03 bits per heavy atom. The molecule has 2 N–H and O–H groups in total. The summed E-state index contributed by atoms with van der Waals surface area (Å²) in [6, 6.07) is 18.4. The van der Waals surface area contributed by atoms with Crippen molar-refractivity contribution in [1.29, 1.82) is 0 Å². The van der Waals surface area contributed by atoms with Gasteiger partial charge in [-0.1, -0.05) is 18.2 Å². The van der Waals surface area contributed by atoms with E-state index in [1.165, 1.54) is 18.2 Å². The highest BCUT2D eigenvalue weighted by Gasteiger charge is 2.32. The Balaban J connectivity index is 1.29. The molecule has 1 aromatic heterocycles. The van der Waals surface area contributed by atoms with Gasteiger partial charge in [0.15, 0.2) is 5.75 Å². The number of nitrogens with zero attached hydrogens (tertiary/aromatic N) is 3.